The van der Waals surface area contributed by atoms with Crippen molar-refractivity contribution in [1.29, 1.82) is 0 Å². The minimum atomic E-state index is -0.501. The van der Waals surface area contributed by atoms with Gasteiger partial charge in [-0.15, -0.1) is 0 Å². The van der Waals surface area contributed by atoms with Gasteiger partial charge in [-0.3, -0.25) is 0 Å². The van der Waals surface area contributed by atoms with E-state index in [9.17, 15) is 5.11 Å². The van der Waals surface area contributed by atoms with E-state index in [2.05, 4.69) is 37.9 Å². The van der Waals surface area contributed by atoms with E-state index in [4.69, 9.17) is 21.1 Å². The summed E-state index contributed by atoms with van der Waals surface area (Å²) in [6.07, 6.45) is 2.41. The molecule has 2 heterocycles. The summed E-state index contributed by atoms with van der Waals surface area (Å²) in [6, 6.07) is 8.05. The van der Waals surface area contributed by atoms with Crippen molar-refractivity contribution in [3.63, 3.8) is 0 Å². The summed E-state index contributed by atoms with van der Waals surface area (Å²) < 4.78 is 11.5. The third kappa shape index (κ3) is 3.23. The van der Waals surface area contributed by atoms with Crippen LogP contribution in [-0.4, -0.2) is 43.1 Å². The number of hydrogen-bond acceptors (Lipinski definition) is 5. The Bertz CT molecular complexity index is 848. The molecule has 2 aliphatic rings. The molecule has 1 aliphatic heterocycles. The number of aromatic nitrogens is 1. The maximum absolute atomic E-state index is 10.5. The number of rotatable bonds is 4. The fourth-order valence-electron chi connectivity index (χ4n) is 4.48. The first-order chi connectivity index (χ1) is 13.0. The van der Waals surface area contributed by atoms with Gasteiger partial charge in [-0.2, -0.15) is 0 Å². The SMILES string of the molecule is COc1ccc(CN2CC3(CC(O)C(OC)C3)c3c2ncc(Br)c3Cl)cc1. The second kappa shape index (κ2) is 7.24. The number of ether oxygens (including phenoxy) is 2. The molecule has 0 amide bonds. The number of halogens is 2. The molecule has 144 valence electrons. The van der Waals surface area contributed by atoms with Gasteiger partial charge in [0.15, 0.2) is 0 Å². The van der Waals surface area contributed by atoms with E-state index in [0.717, 1.165) is 41.1 Å². The zero-order chi connectivity index (χ0) is 19.2. The van der Waals surface area contributed by atoms with Crippen molar-refractivity contribution in [3.8, 4) is 5.75 Å². The molecular formula is C20H22BrClN2O3. The average Bonchev–Trinajstić information content (AvgIpc) is 3.15. The van der Waals surface area contributed by atoms with Crippen molar-refractivity contribution >= 4 is 33.3 Å². The van der Waals surface area contributed by atoms with Gasteiger partial charge in [-0.25, -0.2) is 4.98 Å². The monoisotopic (exact) mass is 452 g/mol. The quantitative estimate of drug-likeness (QED) is 0.760. The molecular weight excluding hydrogens is 432 g/mol. The van der Waals surface area contributed by atoms with Gasteiger partial charge >= 0.3 is 0 Å². The molecule has 5 nitrogen and oxygen atoms in total. The molecule has 0 radical (unpaired) electrons. The van der Waals surface area contributed by atoms with Crippen LogP contribution in [0, 0.1) is 0 Å². The highest BCUT2D eigenvalue weighted by molar-refractivity contribution is 9.10. The van der Waals surface area contributed by atoms with Crippen LogP contribution in [0.5, 0.6) is 5.75 Å². The Balaban J connectivity index is 1.71. The van der Waals surface area contributed by atoms with Crippen LogP contribution >= 0.6 is 27.5 Å². The van der Waals surface area contributed by atoms with Crippen LogP contribution in [0.4, 0.5) is 5.82 Å². The fraction of sp³-hybridized carbons (Fsp3) is 0.450. The minimum absolute atomic E-state index is 0.186. The summed E-state index contributed by atoms with van der Waals surface area (Å²) in [5, 5.41) is 11.2. The molecule has 2 aromatic rings. The number of methoxy groups -OCH3 is 2. The molecule has 1 spiro atoms. The third-order valence-corrected chi connectivity index (χ3v) is 6.95. The van der Waals surface area contributed by atoms with E-state index in [1.807, 2.05) is 12.1 Å². The summed E-state index contributed by atoms with van der Waals surface area (Å²) in [5.74, 6) is 1.73. The van der Waals surface area contributed by atoms with Crippen LogP contribution < -0.4 is 9.64 Å². The van der Waals surface area contributed by atoms with Gasteiger partial charge < -0.3 is 19.5 Å². The van der Waals surface area contributed by atoms with E-state index >= 15 is 0 Å². The first-order valence-electron chi connectivity index (χ1n) is 8.90. The summed E-state index contributed by atoms with van der Waals surface area (Å²) in [5.41, 5.74) is 1.93. The second-order valence-corrected chi connectivity index (χ2v) is 8.59. The highest BCUT2D eigenvalue weighted by Crippen LogP contribution is 2.54. The first kappa shape index (κ1) is 19.0. The summed E-state index contributed by atoms with van der Waals surface area (Å²) in [7, 11) is 3.32. The highest BCUT2D eigenvalue weighted by atomic mass is 79.9. The number of hydrogen-bond donors (Lipinski definition) is 1. The molecule has 4 rings (SSSR count). The lowest BCUT2D eigenvalue weighted by Crippen LogP contribution is -2.32. The van der Waals surface area contributed by atoms with Gasteiger partial charge in [0, 0.05) is 37.4 Å². The maximum Gasteiger partial charge on any atom is 0.134 e. The highest BCUT2D eigenvalue weighted by Gasteiger charge is 2.53. The lowest BCUT2D eigenvalue weighted by molar-refractivity contribution is 0.00973. The predicted molar refractivity (Wildman–Crippen MR) is 109 cm³/mol. The molecule has 0 bridgehead atoms. The van der Waals surface area contributed by atoms with Crippen LogP contribution in [0.1, 0.15) is 24.0 Å². The summed E-state index contributed by atoms with van der Waals surface area (Å²) in [6.45, 7) is 1.48. The normalized spacial score (nSPS) is 26.6. The number of fused-ring (bicyclic) bond motifs is 2. The summed E-state index contributed by atoms with van der Waals surface area (Å²) in [4.78, 5) is 6.92. The lowest BCUT2D eigenvalue weighted by Gasteiger charge is -2.26. The molecule has 3 unspecified atom stereocenters. The molecule has 1 aromatic carbocycles. The number of nitrogens with zero attached hydrogens (tertiary/aromatic N) is 2. The first-order valence-corrected chi connectivity index (χ1v) is 10.1. The Morgan fingerprint density at radius 3 is 2.67 bits per heavy atom. The fourth-order valence-corrected chi connectivity index (χ4v) is 5.11. The maximum atomic E-state index is 10.5. The van der Waals surface area contributed by atoms with Gasteiger partial charge in [0.25, 0.3) is 0 Å². The van der Waals surface area contributed by atoms with E-state index in [1.54, 1.807) is 20.4 Å². The predicted octanol–water partition coefficient (Wildman–Crippen LogP) is 3.93. The molecule has 1 N–H and O–H groups in total. The van der Waals surface area contributed by atoms with E-state index < -0.39 is 6.10 Å². The molecule has 1 saturated carbocycles. The molecule has 1 aromatic heterocycles. The van der Waals surface area contributed by atoms with Gasteiger partial charge in [0.1, 0.15) is 11.6 Å². The van der Waals surface area contributed by atoms with Crippen LogP contribution in [0.15, 0.2) is 34.9 Å². The Morgan fingerprint density at radius 1 is 1.30 bits per heavy atom. The van der Waals surface area contributed by atoms with Gasteiger partial charge in [0.2, 0.25) is 0 Å². The Morgan fingerprint density at radius 2 is 2.04 bits per heavy atom. The average molecular weight is 454 g/mol. The third-order valence-electron chi connectivity index (χ3n) is 5.73. The van der Waals surface area contributed by atoms with Crippen molar-refractivity contribution in [2.75, 3.05) is 25.7 Å². The summed E-state index contributed by atoms with van der Waals surface area (Å²) >= 11 is 10.2. The Hall–Kier alpha value is -1.34. The van der Waals surface area contributed by atoms with Gasteiger partial charge in [0.05, 0.1) is 28.8 Å². The molecule has 7 heteroatoms. The molecule has 3 atom stereocenters. The molecule has 1 aliphatic carbocycles. The smallest absolute Gasteiger partial charge is 0.134 e. The number of pyridine rings is 1. The standard InChI is InChI=1S/C20H22BrClN2O3/c1-26-13-5-3-12(4-6-13)10-24-11-20(7-15(25)16(8-20)27-2)17-18(22)14(21)9-23-19(17)24/h3-6,9,15-16,25H,7-8,10-11H2,1-2H3. The van der Waals surface area contributed by atoms with Crippen molar-refractivity contribution in [2.24, 2.45) is 0 Å². The van der Waals surface area contributed by atoms with Crippen molar-refractivity contribution < 1.29 is 14.6 Å². The van der Waals surface area contributed by atoms with Gasteiger partial charge in [-0.05, 0) is 46.5 Å². The van der Waals surface area contributed by atoms with Crippen LogP contribution in [-0.2, 0) is 16.7 Å². The number of aliphatic hydroxyl groups is 1. The van der Waals surface area contributed by atoms with Crippen molar-refractivity contribution in [2.45, 2.75) is 37.0 Å². The number of benzene rings is 1. The van der Waals surface area contributed by atoms with Crippen LogP contribution in [0.25, 0.3) is 0 Å². The van der Waals surface area contributed by atoms with Crippen molar-refractivity contribution in [3.05, 3.63) is 51.1 Å². The number of aliphatic hydroxyl groups excluding tert-OH is 1. The van der Waals surface area contributed by atoms with Crippen LogP contribution in [0.3, 0.4) is 0 Å². The molecule has 0 saturated heterocycles. The second-order valence-electron chi connectivity index (χ2n) is 7.35. The number of anilines is 1. The zero-order valence-corrected chi connectivity index (χ0v) is 17.6. The van der Waals surface area contributed by atoms with Crippen molar-refractivity contribution in [1.82, 2.24) is 4.98 Å². The minimum Gasteiger partial charge on any atom is -0.497 e. The Kier molecular flexibility index (Phi) is 5.10. The Labute approximate surface area is 172 Å². The lowest BCUT2D eigenvalue weighted by atomic mass is 9.81. The van der Waals surface area contributed by atoms with E-state index in [-0.39, 0.29) is 11.5 Å². The van der Waals surface area contributed by atoms with E-state index in [1.165, 1.54) is 5.56 Å². The molecule has 1 fully saturated rings. The van der Waals surface area contributed by atoms with Gasteiger partial charge in [-0.1, -0.05) is 23.7 Å². The largest absolute Gasteiger partial charge is 0.497 e. The van der Waals surface area contributed by atoms with Crippen LogP contribution in [0.2, 0.25) is 5.02 Å². The van der Waals surface area contributed by atoms with E-state index in [0.29, 0.717) is 11.4 Å². The topological polar surface area (TPSA) is 54.8 Å². The molecule has 27 heavy (non-hydrogen) atoms. The zero-order valence-electron chi connectivity index (χ0n) is 15.3.